The Bertz CT molecular complexity index is 761. The molecule has 0 radical (unpaired) electrons. The summed E-state index contributed by atoms with van der Waals surface area (Å²) in [4.78, 5) is 12.1. The Morgan fingerprint density at radius 1 is 1.15 bits per heavy atom. The predicted molar refractivity (Wildman–Crippen MR) is 132 cm³/mol. The summed E-state index contributed by atoms with van der Waals surface area (Å²) in [6.45, 7) is 5.73. The van der Waals surface area contributed by atoms with E-state index >= 15 is 0 Å². The molecule has 0 aromatic rings. The van der Waals surface area contributed by atoms with Gasteiger partial charge in [0.2, 0.25) is 0 Å². The summed E-state index contributed by atoms with van der Waals surface area (Å²) in [6, 6.07) is 0. The molecule has 2 unspecified atom stereocenters. The second-order valence-corrected chi connectivity index (χ2v) is 10.9. The maximum atomic E-state index is 12.1. The van der Waals surface area contributed by atoms with Crippen LogP contribution < -0.4 is 0 Å². The zero-order valence-corrected chi connectivity index (χ0v) is 22.1. The van der Waals surface area contributed by atoms with Crippen molar-refractivity contribution in [3.05, 3.63) is 10.6 Å². The molecule has 7 heteroatoms. The molecule has 8 atom stereocenters. The molecule has 0 bridgehead atoms. The summed E-state index contributed by atoms with van der Waals surface area (Å²) in [6.07, 6.45) is 10.5. The summed E-state index contributed by atoms with van der Waals surface area (Å²) in [5.74, 6) is 6.72. The smallest absolute Gasteiger partial charge is 0.306 e. The van der Waals surface area contributed by atoms with Crippen LogP contribution in [0.2, 0.25) is 0 Å². The highest BCUT2D eigenvalue weighted by Gasteiger charge is 2.50. The minimum absolute atomic E-state index is 0.0412. The first-order valence-electron chi connectivity index (χ1n) is 13.1. The lowest BCUT2D eigenvalue weighted by Gasteiger charge is -2.32. The van der Waals surface area contributed by atoms with Crippen LogP contribution in [-0.4, -0.2) is 50.1 Å². The monoisotopic (exact) mass is 538 g/mol. The van der Waals surface area contributed by atoms with Crippen molar-refractivity contribution in [1.82, 2.24) is 0 Å². The van der Waals surface area contributed by atoms with Gasteiger partial charge in [-0.3, -0.25) is 4.79 Å². The summed E-state index contributed by atoms with van der Waals surface area (Å²) < 4.78 is 31.3. The topological polar surface area (TPSA) is 63.2 Å². The van der Waals surface area contributed by atoms with Gasteiger partial charge in [-0.1, -0.05) is 35.9 Å². The first-order valence-corrected chi connectivity index (χ1v) is 13.9. The van der Waals surface area contributed by atoms with Gasteiger partial charge in [0, 0.05) is 48.8 Å². The van der Waals surface area contributed by atoms with Gasteiger partial charge in [-0.15, -0.1) is 11.8 Å². The molecule has 0 amide bonds. The zero-order chi connectivity index (χ0) is 23.9. The van der Waals surface area contributed by atoms with Crippen LogP contribution in [0, 0.1) is 29.6 Å². The molecule has 0 N–H and O–H groups in total. The second kappa shape index (κ2) is 12.9. The molecule has 1 saturated carbocycles. The highest BCUT2D eigenvalue weighted by molar-refractivity contribution is 9.11. The van der Waals surface area contributed by atoms with Crippen molar-refractivity contribution in [2.45, 2.75) is 109 Å². The fourth-order valence-electron chi connectivity index (χ4n) is 5.48. The molecule has 0 aromatic carbocycles. The molecular formula is C27H39BrO6. The van der Waals surface area contributed by atoms with E-state index < -0.39 is 0 Å². The van der Waals surface area contributed by atoms with E-state index in [0.717, 1.165) is 69.1 Å². The SMILES string of the molecule is CCC#CC[C@@H](C)[C@H](OC1CCCCO1)/C(Br)=C\[C@H]1[C@H]2CC(=O)O[C@H]2C[C@H]1OC1CCCCO1. The molecular weight excluding hydrogens is 500 g/mol. The van der Waals surface area contributed by atoms with Crippen molar-refractivity contribution >= 4 is 21.9 Å². The molecule has 4 aliphatic rings. The van der Waals surface area contributed by atoms with Crippen LogP contribution in [0.25, 0.3) is 0 Å². The molecule has 6 nitrogen and oxygen atoms in total. The molecule has 34 heavy (non-hydrogen) atoms. The van der Waals surface area contributed by atoms with Gasteiger partial charge in [0.25, 0.3) is 0 Å². The van der Waals surface area contributed by atoms with Crippen LogP contribution in [0.4, 0.5) is 0 Å². The number of carbonyl (C=O) groups is 1. The van der Waals surface area contributed by atoms with E-state index in [2.05, 4.69) is 47.7 Å². The van der Waals surface area contributed by atoms with Gasteiger partial charge in [-0.25, -0.2) is 0 Å². The maximum Gasteiger partial charge on any atom is 0.306 e. The highest BCUT2D eigenvalue weighted by Crippen LogP contribution is 2.45. The van der Waals surface area contributed by atoms with Crippen molar-refractivity contribution in [2.75, 3.05) is 13.2 Å². The molecule has 4 rings (SSSR count). The third-order valence-electron chi connectivity index (χ3n) is 7.32. The average Bonchev–Trinajstić information content (AvgIpc) is 3.35. The Hall–Kier alpha value is -0.910. The highest BCUT2D eigenvalue weighted by atomic mass is 79.9. The van der Waals surface area contributed by atoms with Crippen molar-refractivity contribution in [3.63, 3.8) is 0 Å². The third-order valence-corrected chi connectivity index (χ3v) is 8.03. The quantitative estimate of drug-likeness (QED) is 0.301. The number of hydrogen-bond acceptors (Lipinski definition) is 6. The largest absolute Gasteiger partial charge is 0.462 e. The van der Waals surface area contributed by atoms with Crippen molar-refractivity contribution in [1.29, 1.82) is 0 Å². The predicted octanol–water partition coefficient (Wildman–Crippen LogP) is 5.48. The van der Waals surface area contributed by atoms with Crippen molar-refractivity contribution in [3.8, 4) is 11.8 Å². The standard InChI is InChI=1S/C27H39BrO6/c1-3-4-5-10-18(2)27(34-26-12-7-9-14-31-26)21(28)15-19-20-16-24(29)32-22(20)17-23(19)33-25-11-6-8-13-30-25/h15,18-20,22-23,25-27H,3,6-14,16-17H2,1-2H3/b21-15+/t18-,19+,20-,22+,23-,25?,26?,27+/m1/s1. The normalized spacial score (nSPS) is 35.7. The number of halogens is 1. The van der Waals surface area contributed by atoms with Crippen LogP contribution in [0.1, 0.15) is 78.1 Å². The van der Waals surface area contributed by atoms with E-state index in [-0.39, 0.29) is 54.6 Å². The Kier molecular flexibility index (Phi) is 9.90. The van der Waals surface area contributed by atoms with Crippen LogP contribution >= 0.6 is 15.9 Å². The lowest BCUT2D eigenvalue weighted by atomic mass is 9.90. The molecule has 3 heterocycles. The van der Waals surface area contributed by atoms with Gasteiger partial charge >= 0.3 is 5.97 Å². The number of rotatable bonds is 8. The summed E-state index contributed by atoms with van der Waals surface area (Å²) in [5.41, 5.74) is 0. The van der Waals surface area contributed by atoms with Gasteiger partial charge < -0.3 is 23.7 Å². The van der Waals surface area contributed by atoms with Gasteiger partial charge in [-0.05, 0) is 44.4 Å². The van der Waals surface area contributed by atoms with Crippen LogP contribution in [0.15, 0.2) is 10.6 Å². The number of carbonyl (C=O) groups excluding carboxylic acids is 1. The Labute approximate surface area is 212 Å². The number of ether oxygens (including phenoxy) is 5. The fourth-order valence-corrected chi connectivity index (χ4v) is 6.35. The van der Waals surface area contributed by atoms with Gasteiger partial charge in [-0.2, -0.15) is 0 Å². The molecule has 3 aliphatic heterocycles. The first-order chi connectivity index (χ1) is 16.5. The van der Waals surface area contributed by atoms with E-state index in [1.807, 2.05) is 0 Å². The average molecular weight is 540 g/mol. The van der Waals surface area contributed by atoms with E-state index in [1.165, 1.54) is 0 Å². The molecule has 3 saturated heterocycles. The van der Waals surface area contributed by atoms with Gasteiger partial charge in [0.05, 0.1) is 18.6 Å². The van der Waals surface area contributed by atoms with E-state index in [1.54, 1.807) is 0 Å². The molecule has 0 spiro atoms. The van der Waals surface area contributed by atoms with Gasteiger partial charge in [0.15, 0.2) is 12.6 Å². The maximum absolute atomic E-state index is 12.1. The Balaban J connectivity index is 1.52. The third kappa shape index (κ3) is 6.85. The van der Waals surface area contributed by atoms with Crippen molar-refractivity contribution in [2.24, 2.45) is 17.8 Å². The Morgan fingerprint density at radius 2 is 1.88 bits per heavy atom. The number of fused-ring (bicyclic) bond motifs is 1. The molecule has 1 aliphatic carbocycles. The van der Waals surface area contributed by atoms with E-state index in [9.17, 15) is 4.79 Å². The van der Waals surface area contributed by atoms with Crippen LogP contribution in [-0.2, 0) is 28.5 Å². The van der Waals surface area contributed by atoms with E-state index in [4.69, 9.17) is 23.7 Å². The molecule has 190 valence electrons. The summed E-state index contributed by atoms with van der Waals surface area (Å²) >= 11 is 3.88. The lowest BCUT2D eigenvalue weighted by molar-refractivity contribution is -0.194. The number of esters is 1. The minimum Gasteiger partial charge on any atom is -0.462 e. The van der Waals surface area contributed by atoms with Gasteiger partial charge in [0.1, 0.15) is 6.10 Å². The van der Waals surface area contributed by atoms with Crippen molar-refractivity contribution < 1.29 is 28.5 Å². The second-order valence-electron chi connectivity index (χ2n) is 9.97. The zero-order valence-electron chi connectivity index (χ0n) is 20.5. The fraction of sp³-hybridized carbons (Fsp3) is 0.815. The van der Waals surface area contributed by atoms with E-state index in [0.29, 0.717) is 12.8 Å². The summed E-state index contributed by atoms with van der Waals surface area (Å²) in [5, 5.41) is 0. The minimum atomic E-state index is -0.198. The summed E-state index contributed by atoms with van der Waals surface area (Å²) in [7, 11) is 0. The Morgan fingerprint density at radius 3 is 2.56 bits per heavy atom. The van der Waals surface area contributed by atoms with Crippen LogP contribution in [0.5, 0.6) is 0 Å². The molecule has 0 aromatic heterocycles. The lowest BCUT2D eigenvalue weighted by Crippen LogP contribution is -2.33. The first kappa shape index (κ1) is 26.2. The number of hydrogen-bond donors (Lipinski definition) is 0. The molecule has 4 fully saturated rings. The van der Waals surface area contributed by atoms with Crippen LogP contribution in [0.3, 0.4) is 0 Å².